The molecule has 1 atom stereocenters. The normalized spacial score (nSPS) is 30.6. The number of piperidine rings is 2. The maximum atomic E-state index is 3.45. The van der Waals surface area contributed by atoms with Gasteiger partial charge in [-0.05, 0) is 57.2 Å². The van der Waals surface area contributed by atoms with E-state index < -0.39 is 0 Å². The molecule has 0 radical (unpaired) electrons. The maximum absolute atomic E-state index is 3.45. The third-order valence-electron chi connectivity index (χ3n) is 4.16. The van der Waals surface area contributed by atoms with Crippen molar-refractivity contribution in [2.24, 2.45) is 11.8 Å². The number of hydrogen-bond acceptors (Lipinski definition) is 2. The van der Waals surface area contributed by atoms with E-state index in [4.69, 9.17) is 0 Å². The summed E-state index contributed by atoms with van der Waals surface area (Å²) in [5.74, 6) is 1.96. The predicted octanol–water partition coefficient (Wildman–Crippen LogP) is 2.11. The van der Waals surface area contributed by atoms with Crippen molar-refractivity contribution in [2.75, 3.05) is 32.7 Å². The van der Waals surface area contributed by atoms with Crippen LogP contribution in [0.4, 0.5) is 0 Å². The summed E-state index contributed by atoms with van der Waals surface area (Å²) >= 11 is 0. The first-order chi connectivity index (χ1) is 7.38. The molecule has 0 aliphatic carbocycles. The van der Waals surface area contributed by atoms with Crippen LogP contribution in [-0.2, 0) is 0 Å². The standard InChI is InChI=1S/C13H26N2/c1-2-12-4-3-9-15(10-12)11-13-5-7-14-8-6-13/h12-14H,2-11H2,1H3. The van der Waals surface area contributed by atoms with Gasteiger partial charge in [-0.15, -0.1) is 0 Å². The van der Waals surface area contributed by atoms with Gasteiger partial charge in [0.25, 0.3) is 0 Å². The van der Waals surface area contributed by atoms with Crippen molar-refractivity contribution in [3.05, 3.63) is 0 Å². The molecular weight excluding hydrogens is 184 g/mol. The molecule has 0 aromatic rings. The number of nitrogens with zero attached hydrogens (tertiary/aromatic N) is 1. The molecule has 0 spiro atoms. The van der Waals surface area contributed by atoms with Gasteiger partial charge >= 0.3 is 0 Å². The van der Waals surface area contributed by atoms with Gasteiger partial charge in [0.05, 0.1) is 0 Å². The number of rotatable bonds is 3. The molecule has 2 heteroatoms. The molecule has 1 unspecified atom stereocenters. The van der Waals surface area contributed by atoms with Gasteiger partial charge in [-0.2, -0.15) is 0 Å². The third-order valence-corrected chi connectivity index (χ3v) is 4.16. The zero-order valence-electron chi connectivity index (χ0n) is 10.2. The van der Waals surface area contributed by atoms with Gasteiger partial charge in [0.2, 0.25) is 0 Å². The number of nitrogens with one attached hydrogen (secondary N) is 1. The lowest BCUT2D eigenvalue weighted by molar-refractivity contribution is 0.138. The quantitative estimate of drug-likeness (QED) is 0.767. The van der Waals surface area contributed by atoms with Gasteiger partial charge in [-0.1, -0.05) is 13.3 Å². The molecule has 2 saturated heterocycles. The smallest absolute Gasteiger partial charge is 0.00107 e. The summed E-state index contributed by atoms with van der Waals surface area (Å²) in [7, 11) is 0. The first-order valence-electron chi connectivity index (χ1n) is 6.81. The number of likely N-dealkylation sites (tertiary alicyclic amines) is 1. The van der Waals surface area contributed by atoms with Crippen LogP contribution >= 0.6 is 0 Å². The highest BCUT2D eigenvalue weighted by atomic mass is 15.1. The van der Waals surface area contributed by atoms with Crippen molar-refractivity contribution in [1.29, 1.82) is 0 Å². The van der Waals surface area contributed by atoms with Crippen molar-refractivity contribution in [1.82, 2.24) is 10.2 Å². The van der Waals surface area contributed by atoms with Crippen molar-refractivity contribution >= 4 is 0 Å². The van der Waals surface area contributed by atoms with Crippen LogP contribution in [0, 0.1) is 11.8 Å². The van der Waals surface area contributed by atoms with Crippen LogP contribution in [0.3, 0.4) is 0 Å². The second-order valence-corrected chi connectivity index (χ2v) is 5.37. The van der Waals surface area contributed by atoms with Gasteiger partial charge in [-0.3, -0.25) is 0 Å². The molecule has 2 nitrogen and oxygen atoms in total. The highest BCUT2D eigenvalue weighted by Gasteiger charge is 2.22. The fourth-order valence-electron chi connectivity index (χ4n) is 3.08. The van der Waals surface area contributed by atoms with Gasteiger partial charge in [-0.25, -0.2) is 0 Å². The Balaban J connectivity index is 1.72. The molecule has 2 fully saturated rings. The minimum Gasteiger partial charge on any atom is -0.317 e. The monoisotopic (exact) mass is 210 g/mol. The van der Waals surface area contributed by atoms with Crippen LogP contribution in [0.25, 0.3) is 0 Å². The molecule has 0 saturated carbocycles. The molecular formula is C13H26N2. The minimum atomic E-state index is 0.974. The molecule has 0 bridgehead atoms. The largest absolute Gasteiger partial charge is 0.317 e. The Morgan fingerprint density at radius 3 is 2.67 bits per heavy atom. The Kier molecular flexibility index (Phi) is 4.45. The first kappa shape index (κ1) is 11.4. The Bertz CT molecular complexity index is 175. The summed E-state index contributed by atoms with van der Waals surface area (Å²) < 4.78 is 0. The van der Waals surface area contributed by atoms with Crippen LogP contribution in [0.1, 0.15) is 39.0 Å². The summed E-state index contributed by atoms with van der Waals surface area (Å²) in [6.07, 6.45) is 7.08. The van der Waals surface area contributed by atoms with Crippen molar-refractivity contribution < 1.29 is 0 Å². The fraction of sp³-hybridized carbons (Fsp3) is 1.00. The van der Waals surface area contributed by atoms with Crippen LogP contribution in [0.2, 0.25) is 0 Å². The fourth-order valence-corrected chi connectivity index (χ4v) is 3.08. The summed E-state index contributed by atoms with van der Waals surface area (Å²) in [4.78, 5) is 2.73. The van der Waals surface area contributed by atoms with E-state index in [1.165, 1.54) is 64.8 Å². The van der Waals surface area contributed by atoms with Crippen LogP contribution in [0.15, 0.2) is 0 Å². The van der Waals surface area contributed by atoms with Gasteiger partial charge < -0.3 is 10.2 Å². The van der Waals surface area contributed by atoms with Crippen molar-refractivity contribution in [3.63, 3.8) is 0 Å². The van der Waals surface area contributed by atoms with E-state index in [9.17, 15) is 0 Å². The lowest BCUT2D eigenvalue weighted by atomic mass is 9.92. The van der Waals surface area contributed by atoms with Crippen LogP contribution in [-0.4, -0.2) is 37.6 Å². The topological polar surface area (TPSA) is 15.3 Å². The maximum Gasteiger partial charge on any atom is 0.00107 e. The van der Waals surface area contributed by atoms with E-state index in [0.29, 0.717) is 0 Å². The van der Waals surface area contributed by atoms with Crippen molar-refractivity contribution in [2.45, 2.75) is 39.0 Å². The third kappa shape index (κ3) is 3.46. The van der Waals surface area contributed by atoms with E-state index in [2.05, 4.69) is 17.1 Å². The molecule has 1 N–H and O–H groups in total. The molecule has 15 heavy (non-hydrogen) atoms. The lowest BCUT2D eigenvalue weighted by Gasteiger charge is -2.35. The number of hydrogen-bond donors (Lipinski definition) is 1. The van der Waals surface area contributed by atoms with Gasteiger partial charge in [0.1, 0.15) is 0 Å². The van der Waals surface area contributed by atoms with Crippen LogP contribution < -0.4 is 5.32 Å². The Labute approximate surface area is 94.4 Å². The highest BCUT2D eigenvalue weighted by Crippen LogP contribution is 2.22. The van der Waals surface area contributed by atoms with Crippen molar-refractivity contribution in [3.8, 4) is 0 Å². The first-order valence-corrected chi connectivity index (χ1v) is 6.81. The Morgan fingerprint density at radius 2 is 1.93 bits per heavy atom. The molecule has 0 aromatic heterocycles. The van der Waals surface area contributed by atoms with E-state index in [0.717, 1.165) is 11.8 Å². The van der Waals surface area contributed by atoms with Crippen LogP contribution in [0.5, 0.6) is 0 Å². The zero-order valence-corrected chi connectivity index (χ0v) is 10.2. The zero-order chi connectivity index (χ0) is 10.5. The average Bonchev–Trinajstić information content (AvgIpc) is 2.31. The average molecular weight is 210 g/mol. The van der Waals surface area contributed by atoms with E-state index >= 15 is 0 Å². The molecule has 0 amide bonds. The van der Waals surface area contributed by atoms with Gasteiger partial charge in [0.15, 0.2) is 0 Å². The van der Waals surface area contributed by atoms with E-state index in [1.54, 1.807) is 0 Å². The lowest BCUT2D eigenvalue weighted by Crippen LogP contribution is -2.41. The SMILES string of the molecule is CCC1CCCN(CC2CCNCC2)C1. The predicted molar refractivity (Wildman–Crippen MR) is 65.0 cm³/mol. The second kappa shape index (κ2) is 5.86. The summed E-state index contributed by atoms with van der Waals surface area (Å²) in [5, 5.41) is 3.45. The molecule has 2 heterocycles. The van der Waals surface area contributed by atoms with E-state index in [1.807, 2.05) is 0 Å². The molecule has 2 rings (SSSR count). The summed E-state index contributed by atoms with van der Waals surface area (Å²) in [6, 6.07) is 0. The molecule has 0 aromatic carbocycles. The molecule has 2 aliphatic heterocycles. The van der Waals surface area contributed by atoms with Gasteiger partial charge in [0, 0.05) is 13.1 Å². The summed E-state index contributed by atoms with van der Waals surface area (Å²) in [6.45, 7) is 8.95. The molecule has 88 valence electrons. The Morgan fingerprint density at radius 1 is 1.13 bits per heavy atom. The Hall–Kier alpha value is -0.0800. The highest BCUT2D eigenvalue weighted by molar-refractivity contribution is 4.77. The minimum absolute atomic E-state index is 0.974. The summed E-state index contributed by atoms with van der Waals surface area (Å²) in [5.41, 5.74) is 0. The van der Waals surface area contributed by atoms with E-state index in [-0.39, 0.29) is 0 Å². The molecule has 2 aliphatic rings. The second-order valence-electron chi connectivity index (χ2n) is 5.37.